The zero-order valence-corrected chi connectivity index (χ0v) is 13.6. The van der Waals surface area contributed by atoms with E-state index in [9.17, 15) is 0 Å². The number of piperidine rings is 1. The number of ether oxygens (including phenoxy) is 1. The Kier molecular flexibility index (Phi) is 4.23. The van der Waals surface area contributed by atoms with Crippen molar-refractivity contribution in [3.8, 4) is 5.75 Å². The van der Waals surface area contributed by atoms with Crippen LogP contribution in [0.4, 0.5) is 0 Å². The molecule has 0 unspecified atom stereocenters. The van der Waals surface area contributed by atoms with Gasteiger partial charge in [0.1, 0.15) is 11.4 Å². The summed E-state index contributed by atoms with van der Waals surface area (Å²) in [5.74, 6) is 2.00. The molecule has 0 aromatic heterocycles. The summed E-state index contributed by atoms with van der Waals surface area (Å²) in [6, 6.07) is 6.64. The molecule has 2 heterocycles. The first-order valence-electron chi connectivity index (χ1n) is 8.24. The Morgan fingerprint density at radius 3 is 2.76 bits per heavy atom. The van der Waals surface area contributed by atoms with Crippen LogP contribution < -0.4 is 10.1 Å². The smallest absolute Gasteiger partial charge is 0.127 e. The van der Waals surface area contributed by atoms with Crippen LogP contribution in [0, 0.1) is 5.92 Å². The Morgan fingerprint density at radius 2 is 2.05 bits per heavy atom. The summed E-state index contributed by atoms with van der Waals surface area (Å²) >= 11 is 0. The highest BCUT2D eigenvalue weighted by molar-refractivity contribution is 5.45. The van der Waals surface area contributed by atoms with Crippen LogP contribution in [-0.4, -0.2) is 37.2 Å². The van der Waals surface area contributed by atoms with Gasteiger partial charge in [-0.1, -0.05) is 18.2 Å². The number of hydrogen-bond donors (Lipinski definition) is 1. The summed E-state index contributed by atoms with van der Waals surface area (Å²) in [5, 5.41) is 3.31. The van der Waals surface area contributed by atoms with Gasteiger partial charge in [-0.3, -0.25) is 4.90 Å². The van der Waals surface area contributed by atoms with Crippen molar-refractivity contribution in [2.24, 2.45) is 5.92 Å². The van der Waals surface area contributed by atoms with Crippen molar-refractivity contribution >= 4 is 0 Å². The quantitative estimate of drug-likeness (QED) is 0.922. The van der Waals surface area contributed by atoms with Gasteiger partial charge in [-0.2, -0.15) is 0 Å². The van der Waals surface area contributed by atoms with Gasteiger partial charge < -0.3 is 10.1 Å². The van der Waals surface area contributed by atoms with Crippen LogP contribution in [-0.2, 0) is 13.0 Å². The predicted molar refractivity (Wildman–Crippen MR) is 86.8 cm³/mol. The van der Waals surface area contributed by atoms with Crippen molar-refractivity contribution in [2.75, 3.05) is 26.7 Å². The Morgan fingerprint density at radius 1 is 1.29 bits per heavy atom. The van der Waals surface area contributed by atoms with Gasteiger partial charge in [-0.15, -0.1) is 0 Å². The topological polar surface area (TPSA) is 24.5 Å². The fourth-order valence-electron chi connectivity index (χ4n) is 3.68. The molecule has 1 fully saturated rings. The molecule has 0 atom stereocenters. The van der Waals surface area contributed by atoms with Crippen LogP contribution in [0.3, 0.4) is 0 Å². The fourth-order valence-corrected chi connectivity index (χ4v) is 3.68. The first kappa shape index (κ1) is 14.9. The van der Waals surface area contributed by atoms with Gasteiger partial charge in [-0.25, -0.2) is 0 Å². The first-order valence-corrected chi connectivity index (χ1v) is 8.24. The minimum Gasteiger partial charge on any atom is -0.487 e. The third-order valence-electron chi connectivity index (χ3n) is 4.77. The molecular weight excluding hydrogens is 260 g/mol. The monoisotopic (exact) mass is 288 g/mol. The van der Waals surface area contributed by atoms with Crippen molar-refractivity contribution in [3.05, 3.63) is 29.3 Å². The minimum atomic E-state index is -0.0434. The molecule has 1 saturated heterocycles. The third kappa shape index (κ3) is 3.41. The highest BCUT2D eigenvalue weighted by Gasteiger charge is 2.32. The second-order valence-corrected chi connectivity index (χ2v) is 7.22. The van der Waals surface area contributed by atoms with Crippen molar-refractivity contribution in [2.45, 2.75) is 45.3 Å². The lowest BCUT2D eigenvalue weighted by Crippen LogP contribution is -2.36. The molecule has 0 amide bonds. The molecule has 0 bridgehead atoms. The molecule has 2 aliphatic rings. The average Bonchev–Trinajstić information content (AvgIpc) is 2.76. The Bertz CT molecular complexity index is 490. The van der Waals surface area contributed by atoms with E-state index in [2.05, 4.69) is 49.3 Å². The molecule has 0 saturated carbocycles. The first-order chi connectivity index (χ1) is 10.1. The molecule has 3 rings (SSSR count). The molecule has 1 aromatic rings. The van der Waals surface area contributed by atoms with Gasteiger partial charge in [0.2, 0.25) is 0 Å². The van der Waals surface area contributed by atoms with Gasteiger partial charge in [-0.05, 0) is 64.9 Å². The number of likely N-dealkylation sites (tertiary alicyclic amines) is 1. The summed E-state index contributed by atoms with van der Waals surface area (Å²) in [5.41, 5.74) is 2.70. The molecule has 1 aromatic carbocycles. The summed E-state index contributed by atoms with van der Waals surface area (Å²) in [4.78, 5) is 2.58. The molecule has 1 N–H and O–H groups in total. The van der Waals surface area contributed by atoms with E-state index in [1.165, 1.54) is 37.1 Å². The minimum absolute atomic E-state index is 0.0434. The van der Waals surface area contributed by atoms with Crippen LogP contribution in [0.15, 0.2) is 18.2 Å². The normalized spacial score (nSPS) is 22.0. The van der Waals surface area contributed by atoms with Crippen LogP contribution in [0.25, 0.3) is 0 Å². The molecule has 0 spiro atoms. The lowest BCUT2D eigenvalue weighted by molar-refractivity contribution is 0.132. The Hall–Kier alpha value is -1.06. The van der Waals surface area contributed by atoms with E-state index < -0.39 is 0 Å². The maximum atomic E-state index is 6.19. The van der Waals surface area contributed by atoms with E-state index in [1.54, 1.807) is 0 Å². The van der Waals surface area contributed by atoms with Crippen LogP contribution >= 0.6 is 0 Å². The summed E-state index contributed by atoms with van der Waals surface area (Å²) in [6.45, 7) is 8.97. The van der Waals surface area contributed by atoms with E-state index in [4.69, 9.17) is 4.74 Å². The maximum Gasteiger partial charge on any atom is 0.127 e. The van der Waals surface area contributed by atoms with E-state index in [0.717, 1.165) is 31.2 Å². The number of para-hydroxylation sites is 1. The second-order valence-electron chi connectivity index (χ2n) is 7.22. The standard InChI is InChI=1S/C18H28N2O/c1-18(2)11-15-5-4-6-16(17(15)21-18)13-20-9-7-14(8-10-20)12-19-3/h4-6,14,19H,7-13H2,1-3H3. The zero-order valence-electron chi connectivity index (χ0n) is 13.6. The van der Waals surface area contributed by atoms with Gasteiger partial charge in [0.15, 0.2) is 0 Å². The summed E-state index contributed by atoms with van der Waals surface area (Å²) in [6.07, 6.45) is 3.64. The van der Waals surface area contributed by atoms with E-state index in [0.29, 0.717) is 0 Å². The number of rotatable bonds is 4. The van der Waals surface area contributed by atoms with Crippen molar-refractivity contribution in [1.29, 1.82) is 0 Å². The van der Waals surface area contributed by atoms with Gasteiger partial charge in [0.25, 0.3) is 0 Å². The van der Waals surface area contributed by atoms with E-state index in [1.807, 2.05) is 0 Å². The predicted octanol–water partition coefficient (Wildman–Crippen LogP) is 2.83. The number of fused-ring (bicyclic) bond motifs is 1. The number of nitrogens with one attached hydrogen (secondary N) is 1. The van der Waals surface area contributed by atoms with Crippen molar-refractivity contribution in [3.63, 3.8) is 0 Å². The molecule has 116 valence electrons. The molecule has 0 radical (unpaired) electrons. The fraction of sp³-hybridized carbons (Fsp3) is 0.667. The summed E-state index contributed by atoms with van der Waals surface area (Å²) in [7, 11) is 2.05. The largest absolute Gasteiger partial charge is 0.487 e. The van der Waals surface area contributed by atoms with Gasteiger partial charge >= 0.3 is 0 Å². The van der Waals surface area contributed by atoms with Gasteiger partial charge in [0, 0.05) is 18.5 Å². The lowest BCUT2D eigenvalue weighted by Gasteiger charge is -2.32. The number of nitrogens with zero attached hydrogens (tertiary/aromatic N) is 1. The Balaban J connectivity index is 1.64. The second kappa shape index (κ2) is 5.98. The molecule has 0 aliphatic carbocycles. The molecule has 2 aliphatic heterocycles. The van der Waals surface area contributed by atoms with Crippen LogP contribution in [0.2, 0.25) is 0 Å². The maximum absolute atomic E-state index is 6.19. The van der Waals surface area contributed by atoms with E-state index in [-0.39, 0.29) is 5.60 Å². The van der Waals surface area contributed by atoms with Crippen molar-refractivity contribution < 1.29 is 4.74 Å². The highest BCUT2D eigenvalue weighted by atomic mass is 16.5. The molecule has 3 nitrogen and oxygen atoms in total. The zero-order chi connectivity index (χ0) is 14.9. The van der Waals surface area contributed by atoms with E-state index >= 15 is 0 Å². The molecule has 21 heavy (non-hydrogen) atoms. The highest BCUT2D eigenvalue weighted by Crippen LogP contribution is 2.38. The van der Waals surface area contributed by atoms with Crippen molar-refractivity contribution in [1.82, 2.24) is 10.2 Å². The SMILES string of the molecule is CNCC1CCN(Cc2cccc3c2OC(C)(C)C3)CC1. The molecular formula is C18H28N2O. The molecule has 3 heteroatoms. The number of benzene rings is 1. The third-order valence-corrected chi connectivity index (χ3v) is 4.77. The summed E-state index contributed by atoms with van der Waals surface area (Å²) < 4.78 is 6.19. The number of hydrogen-bond acceptors (Lipinski definition) is 3. The Labute approximate surface area is 128 Å². The van der Waals surface area contributed by atoms with Crippen LogP contribution in [0.1, 0.15) is 37.8 Å². The average molecular weight is 288 g/mol. The van der Waals surface area contributed by atoms with Gasteiger partial charge in [0.05, 0.1) is 0 Å². The lowest BCUT2D eigenvalue weighted by atomic mass is 9.96. The van der Waals surface area contributed by atoms with Crippen LogP contribution in [0.5, 0.6) is 5.75 Å².